The van der Waals surface area contributed by atoms with Crippen molar-refractivity contribution in [3.8, 4) is 5.75 Å². The number of nitrogen functional groups attached to an aromatic ring is 1. The molecule has 7 nitrogen and oxygen atoms in total. The third-order valence-corrected chi connectivity index (χ3v) is 6.74. The summed E-state index contributed by atoms with van der Waals surface area (Å²) in [6, 6.07) is 5.56. The molecule has 7 heteroatoms. The van der Waals surface area contributed by atoms with Crippen LogP contribution in [-0.4, -0.2) is 57.7 Å². The maximum absolute atomic E-state index is 10.2. The van der Waals surface area contributed by atoms with E-state index < -0.39 is 37.3 Å². The molecule has 196 valence electrons. The zero-order valence-corrected chi connectivity index (χ0v) is 20.9. The van der Waals surface area contributed by atoms with Gasteiger partial charge in [-0.25, -0.2) is 0 Å². The second-order valence-electron chi connectivity index (χ2n) is 9.68. The number of benzene rings is 1. The second-order valence-corrected chi connectivity index (χ2v) is 9.68. The van der Waals surface area contributed by atoms with E-state index in [1.54, 1.807) is 6.07 Å². The highest BCUT2D eigenvalue weighted by Gasteiger charge is 2.44. The van der Waals surface area contributed by atoms with E-state index in [1.165, 1.54) is 77.0 Å². The van der Waals surface area contributed by atoms with Crippen molar-refractivity contribution >= 4 is 5.69 Å². The summed E-state index contributed by atoms with van der Waals surface area (Å²) < 4.78 is 11.2. The van der Waals surface area contributed by atoms with Crippen LogP contribution in [0.15, 0.2) is 18.2 Å². The third-order valence-electron chi connectivity index (χ3n) is 6.74. The van der Waals surface area contributed by atoms with Crippen molar-refractivity contribution in [3.63, 3.8) is 0 Å². The summed E-state index contributed by atoms with van der Waals surface area (Å²) in [5, 5.41) is 39.4. The van der Waals surface area contributed by atoms with Crippen LogP contribution < -0.4 is 10.5 Å². The molecular weight excluding hydrogens is 434 g/mol. The van der Waals surface area contributed by atoms with Crippen LogP contribution in [0.3, 0.4) is 0 Å². The first-order chi connectivity index (χ1) is 16.5. The number of aliphatic hydroxyl groups excluding tert-OH is 4. The summed E-state index contributed by atoms with van der Waals surface area (Å²) in [5.41, 5.74) is 7.51. The van der Waals surface area contributed by atoms with Crippen molar-refractivity contribution in [1.29, 1.82) is 0 Å². The van der Waals surface area contributed by atoms with Gasteiger partial charge in [0.1, 0.15) is 30.2 Å². The molecular formula is C27H47NO6. The maximum Gasteiger partial charge on any atom is 0.229 e. The lowest BCUT2D eigenvalue weighted by molar-refractivity contribution is -0.277. The number of hydrogen-bond acceptors (Lipinski definition) is 7. The number of ether oxygens (including phenoxy) is 2. The van der Waals surface area contributed by atoms with Gasteiger partial charge in [0.25, 0.3) is 0 Å². The van der Waals surface area contributed by atoms with E-state index in [-0.39, 0.29) is 0 Å². The normalized spacial score (nSPS) is 24.9. The van der Waals surface area contributed by atoms with Crippen molar-refractivity contribution in [2.75, 3.05) is 12.3 Å². The van der Waals surface area contributed by atoms with Crippen LogP contribution >= 0.6 is 0 Å². The van der Waals surface area contributed by atoms with Crippen LogP contribution in [0, 0.1) is 0 Å². The molecule has 1 fully saturated rings. The molecule has 0 spiro atoms. The summed E-state index contributed by atoms with van der Waals surface area (Å²) in [6.45, 7) is 1.76. The average Bonchev–Trinajstić information content (AvgIpc) is 2.84. The van der Waals surface area contributed by atoms with Crippen LogP contribution in [0.25, 0.3) is 0 Å². The highest BCUT2D eigenvalue weighted by Crippen LogP contribution is 2.29. The van der Waals surface area contributed by atoms with Crippen LogP contribution in [-0.2, 0) is 11.2 Å². The summed E-state index contributed by atoms with van der Waals surface area (Å²) in [6.07, 6.45) is 11.4. The lowest BCUT2D eigenvalue weighted by atomic mass is 9.99. The molecule has 0 saturated carbocycles. The first kappa shape index (κ1) is 28.9. The van der Waals surface area contributed by atoms with Gasteiger partial charge in [-0.1, -0.05) is 90.0 Å². The lowest BCUT2D eigenvalue weighted by Crippen LogP contribution is -2.60. The Bertz CT molecular complexity index is 671. The fourth-order valence-corrected chi connectivity index (χ4v) is 4.47. The molecule has 1 aliphatic heterocycles. The van der Waals surface area contributed by atoms with Crippen molar-refractivity contribution in [3.05, 3.63) is 23.8 Å². The van der Waals surface area contributed by atoms with E-state index >= 15 is 0 Å². The summed E-state index contributed by atoms with van der Waals surface area (Å²) in [4.78, 5) is 0. The van der Waals surface area contributed by atoms with Gasteiger partial charge in [0.15, 0.2) is 0 Å². The van der Waals surface area contributed by atoms with Crippen LogP contribution in [0.1, 0.15) is 96.0 Å². The molecule has 0 amide bonds. The highest BCUT2D eigenvalue weighted by atomic mass is 16.7. The van der Waals surface area contributed by atoms with Crippen molar-refractivity contribution in [1.82, 2.24) is 0 Å². The number of nitrogens with two attached hydrogens (primary N) is 1. The first-order valence-electron chi connectivity index (χ1n) is 13.3. The smallest absolute Gasteiger partial charge is 0.229 e. The molecule has 1 aliphatic rings. The lowest BCUT2D eigenvalue weighted by Gasteiger charge is -2.39. The topological polar surface area (TPSA) is 125 Å². The molecule has 0 aliphatic carbocycles. The number of rotatable bonds is 17. The van der Waals surface area contributed by atoms with Gasteiger partial charge in [-0.15, -0.1) is 0 Å². The first-order valence-corrected chi connectivity index (χ1v) is 13.3. The fraction of sp³-hybridized carbons (Fsp3) is 0.778. The van der Waals surface area contributed by atoms with Crippen molar-refractivity contribution < 1.29 is 29.9 Å². The molecule has 0 bridgehead atoms. The molecule has 0 radical (unpaired) electrons. The number of anilines is 1. The third kappa shape index (κ3) is 9.70. The molecule has 0 unspecified atom stereocenters. The van der Waals surface area contributed by atoms with Gasteiger partial charge >= 0.3 is 0 Å². The zero-order chi connectivity index (χ0) is 24.8. The largest absolute Gasteiger partial charge is 0.460 e. The van der Waals surface area contributed by atoms with Crippen molar-refractivity contribution in [2.45, 2.75) is 128 Å². The molecule has 1 saturated heterocycles. The minimum absolute atomic E-state index is 0.358. The highest BCUT2D eigenvalue weighted by molar-refractivity contribution is 5.54. The van der Waals surface area contributed by atoms with Gasteiger partial charge in [0.2, 0.25) is 6.29 Å². The summed E-state index contributed by atoms with van der Waals surface area (Å²) in [5.74, 6) is 0.358. The van der Waals surface area contributed by atoms with Gasteiger partial charge in [-0.3, -0.25) is 0 Å². The maximum atomic E-state index is 10.2. The van der Waals surface area contributed by atoms with Crippen molar-refractivity contribution in [2.24, 2.45) is 0 Å². The van der Waals surface area contributed by atoms with E-state index in [0.717, 1.165) is 18.4 Å². The number of hydrogen-bond donors (Lipinski definition) is 5. The van der Waals surface area contributed by atoms with E-state index in [0.29, 0.717) is 11.4 Å². The van der Waals surface area contributed by atoms with Crippen LogP contribution in [0.2, 0.25) is 0 Å². The molecule has 34 heavy (non-hydrogen) atoms. The Labute approximate surface area is 205 Å². The quantitative estimate of drug-likeness (QED) is 0.168. The minimum Gasteiger partial charge on any atom is -0.460 e. The molecule has 1 heterocycles. The molecule has 0 aromatic heterocycles. The summed E-state index contributed by atoms with van der Waals surface area (Å²) >= 11 is 0. The van der Waals surface area contributed by atoms with E-state index in [4.69, 9.17) is 15.2 Å². The Morgan fingerprint density at radius 2 is 1.35 bits per heavy atom. The molecule has 2 rings (SSSR count). The van der Waals surface area contributed by atoms with E-state index in [9.17, 15) is 20.4 Å². The van der Waals surface area contributed by atoms with Gasteiger partial charge in [0, 0.05) is 0 Å². The molecule has 1 aromatic rings. The van der Waals surface area contributed by atoms with Gasteiger partial charge < -0.3 is 35.6 Å². The minimum atomic E-state index is -1.48. The van der Waals surface area contributed by atoms with Crippen LogP contribution in [0.4, 0.5) is 5.69 Å². The number of unbranched alkanes of at least 4 members (excludes halogenated alkanes) is 12. The van der Waals surface area contributed by atoms with Crippen LogP contribution in [0.5, 0.6) is 5.75 Å². The Morgan fingerprint density at radius 1 is 0.794 bits per heavy atom. The number of aryl methyl sites for hydroxylation is 1. The van der Waals surface area contributed by atoms with Gasteiger partial charge in [-0.05, 0) is 30.5 Å². The second kappa shape index (κ2) is 16.3. The standard InChI is InChI=1S/C27H47NO6/c1-2-3-4-5-6-7-8-9-10-11-12-13-14-15-20-16-17-21(28)22(18-20)33-27-26(32)25(31)24(30)23(19-29)34-27/h16-18,23-27,29-32H,2-15,19,28H2,1H3/t23-,24+,25+,26-,27-/m0/s1. The van der Waals surface area contributed by atoms with E-state index in [1.807, 2.05) is 12.1 Å². The average molecular weight is 482 g/mol. The monoisotopic (exact) mass is 481 g/mol. The van der Waals surface area contributed by atoms with E-state index in [2.05, 4.69) is 6.92 Å². The predicted molar refractivity (Wildman–Crippen MR) is 135 cm³/mol. The van der Waals surface area contributed by atoms with Gasteiger partial charge in [0.05, 0.1) is 12.3 Å². The molecule has 5 atom stereocenters. The Balaban J connectivity index is 1.65. The Hall–Kier alpha value is -1.38. The van der Waals surface area contributed by atoms with Gasteiger partial charge in [-0.2, -0.15) is 0 Å². The molecule has 1 aromatic carbocycles. The Kier molecular flexibility index (Phi) is 13.9. The SMILES string of the molecule is CCCCCCCCCCCCCCCc1ccc(N)c(O[C@H]2O[C@@H](CO)[C@@H](O)[C@@H](O)[C@@H]2O)c1. The number of aliphatic hydroxyl groups is 4. The molecule has 6 N–H and O–H groups in total. The Morgan fingerprint density at radius 3 is 1.91 bits per heavy atom. The summed E-state index contributed by atoms with van der Waals surface area (Å²) in [7, 11) is 0. The fourth-order valence-electron chi connectivity index (χ4n) is 4.47. The predicted octanol–water partition coefficient (Wildman–Crippen LogP) is 4.08. The zero-order valence-electron chi connectivity index (χ0n) is 20.9.